The van der Waals surface area contributed by atoms with Crippen molar-refractivity contribution in [1.82, 2.24) is 0 Å². The largest absolute Gasteiger partial charge is 0.481 e. The molecule has 0 saturated heterocycles. The van der Waals surface area contributed by atoms with Crippen LogP contribution in [0, 0.1) is 0 Å². The molecule has 0 atom stereocenters. The Hall–Kier alpha value is -2.20. The van der Waals surface area contributed by atoms with Crippen molar-refractivity contribution in [1.29, 1.82) is 0 Å². The summed E-state index contributed by atoms with van der Waals surface area (Å²) in [6.07, 6.45) is 4.75. The summed E-state index contributed by atoms with van der Waals surface area (Å²) in [7, 11) is 0. The van der Waals surface area contributed by atoms with Crippen LogP contribution in [-0.2, 0) is 28.7 Å². The molecular weight excluding hydrogens is 376 g/mol. The van der Waals surface area contributed by atoms with Crippen molar-refractivity contribution >= 4 is 23.9 Å². The normalized spacial score (nSPS) is 9.14. The van der Waals surface area contributed by atoms with Gasteiger partial charge in [0.15, 0.2) is 0 Å². The lowest BCUT2D eigenvalue weighted by Gasteiger charge is -1.98. The molecule has 0 heterocycles. The Bertz CT molecular complexity index is 371. The summed E-state index contributed by atoms with van der Waals surface area (Å²) >= 11 is 0. The monoisotopic (exact) mass is 410 g/mol. The van der Waals surface area contributed by atoms with Gasteiger partial charge in [0, 0.05) is 12.8 Å². The summed E-state index contributed by atoms with van der Waals surface area (Å²) in [5.74, 6) is -2.82. The molecule has 10 nitrogen and oxygen atoms in total. The van der Waals surface area contributed by atoms with Gasteiger partial charge in [-0.1, -0.05) is 26.7 Å². The molecule has 10 heteroatoms. The van der Waals surface area contributed by atoms with Gasteiger partial charge in [-0.3, -0.25) is 9.59 Å². The highest BCUT2D eigenvalue weighted by molar-refractivity contribution is 5.70. The Morgan fingerprint density at radius 3 is 1.18 bits per heavy atom. The van der Waals surface area contributed by atoms with E-state index in [0.717, 1.165) is 25.7 Å². The minimum Gasteiger partial charge on any atom is -0.481 e. The van der Waals surface area contributed by atoms with Crippen molar-refractivity contribution in [3.8, 4) is 0 Å². The SMILES string of the molecule is CCCCOC(=O)CO.CCCCOC(=O)CO.O=C(O)CCCCC(=O)O. The number of aliphatic hydroxyl groups excluding tert-OH is 2. The standard InChI is InChI=1S/C6H10O4.2C6H12O3/c7-5(8)3-1-2-4-6(9)10;2*1-2-3-4-9-6(8)5-7/h1-4H2,(H,7,8)(H,9,10);2*7H,2-5H2,1H3. The lowest BCUT2D eigenvalue weighted by molar-refractivity contribution is -0.147. The van der Waals surface area contributed by atoms with Gasteiger partial charge in [0.2, 0.25) is 0 Å². The Morgan fingerprint density at radius 2 is 0.964 bits per heavy atom. The number of hydrogen-bond acceptors (Lipinski definition) is 8. The fraction of sp³-hybridized carbons (Fsp3) is 0.778. The third-order valence-electron chi connectivity index (χ3n) is 2.81. The van der Waals surface area contributed by atoms with Crippen LogP contribution in [0.2, 0.25) is 0 Å². The van der Waals surface area contributed by atoms with Gasteiger partial charge < -0.3 is 29.9 Å². The van der Waals surface area contributed by atoms with E-state index >= 15 is 0 Å². The molecule has 0 spiro atoms. The number of carbonyl (C=O) groups is 4. The summed E-state index contributed by atoms with van der Waals surface area (Å²) in [6.45, 7) is 3.85. The Morgan fingerprint density at radius 1 is 0.643 bits per heavy atom. The van der Waals surface area contributed by atoms with E-state index in [9.17, 15) is 19.2 Å². The van der Waals surface area contributed by atoms with Crippen LogP contribution in [0.3, 0.4) is 0 Å². The van der Waals surface area contributed by atoms with Crippen LogP contribution in [-0.4, -0.2) is 70.7 Å². The average molecular weight is 410 g/mol. The lowest BCUT2D eigenvalue weighted by atomic mass is 10.2. The molecule has 0 aliphatic heterocycles. The third kappa shape index (κ3) is 35.0. The van der Waals surface area contributed by atoms with E-state index in [1.54, 1.807) is 0 Å². The van der Waals surface area contributed by atoms with Gasteiger partial charge in [-0.2, -0.15) is 0 Å². The topological polar surface area (TPSA) is 168 Å². The maximum Gasteiger partial charge on any atom is 0.331 e. The zero-order valence-corrected chi connectivity index (χ0v) is 16.7. The molecule has 0 unspecified atom stereocenters. The van der Waals surface area contributed by atoms with Gasteiger partial charge in [0.25, 0.3) is 0 Å². The molecule has 0 aromatic rings. The summed E-state index contributed by atoms with van der Waals surface area (Å²) < 4.78 is 9.09. The number of aliphatic carboxylic acids is 2. The van der Waals surface area contributed by atoms with Gasteiger partial charge in [-0.25, -0.2) is 9.59 Å². The van der Waals surface area contributed by atoms with E-state index in [1.807, 2.05) is 13.8 Å². The molecule has 0 bridgehead atoms. The molecule has 166 valence electrons. The second kappa shape index (κ2) is 24.8. The first-order valence-electron chi connectivity index (χ1n) is 9.21. The van der Waals surface area contributed by atoms with Crippen LogP contribution in [0.25, 0.3) is 0 Å². The number of esters is 2. The van der Waals surface area contributed by atoms with Crippen LogP contribution in [0.5, 0.6) is 0 Å². The number of rotatable bonds is 13. The highest BCUT2D eigenvalue weighted by Gasteiger charge is 1.99. The molecule has 4 N–H and O–H groups in total. The van der Waals surface area contributed by atoms with Crippen molar-refractivity contribution < 1.29 is 49.1 Å². The fourth-order valence-electron chi connectivity index (χ4n) is 1.30. The maximum atomic E-state index is 10.2. The first kappa shape index (κ1) is 30.5. The predicted molar refractivity (Wildman–Crippen MR) is 99.6 cm³/mol. The zero-order chi connectivity index (χ0) is 22.2. The molecule has 0 fully saturated rings. The maximum absolute atomic E-state index is 10.2. The number of carboxylic acid groups (broad SMARTS) is 2. The number of carbonyl (C=O) groups excluding carboxylic acids is 2. The Balaban J connectivity index is -0.000000336. The number of carboxylic acids is 2. The third-order valence-corrected chi connectivity index (χ3v) is 2.81. The molecule has 0 aromatic carbocycles. The first-order chi connectivity index (χ1) is 13.2. The number of aliphatic hydroxyl groups is 2. The molecule has 0 aliphatic rings. The Labute approximate surface area is 165 Å². The molecule has 0 aliphatic carbocycles. The Kier molecular flexibility index (Phi) is 27.0. The van der Waals surface area contributed by atoms with Crippen LogP contribution >= 0.6 is 0 Å². The van der Waals surface area contributed by atoms with Gasteiger partial charge >= 0.3 is 23.9 Å². The summed E-state index contributed by atoms with van der Waals surface area (Å²) in [4.78, 5) is 40.2. The van der Waals surface area contributed by atoms with Crippen molar-refractivity contribution in [3.05, 3.63) is 0 Å². The first-order valence-corrected chi connectivity index (χ1v) is 9.21. The predicted octanol–water partition coefficient (Wildman–Crippen LogP) is 1.36. The minimum absolute atomic E-state index is 0.0628. The lowest BCUT2D eigenvalue weighted by Crippen LogP contribution is -2.09. The van der Waals surface area contributed by atoms with E-state index in [4.69, 9.17) is 20.4 Å². The van der Waals surface area contributed by atoms with E-state index < -0.39 is 37.1 Å². The van der Waals surface area contributed by atoms with Crippen LogP contribution in [0.1, 0.15) is 65.2 Å². The van der Waals surface area contributed by atoms with Gasteiger partial charge in [0.1, 0.15) is 13.2 Å². The number of hydrogen-bond donors (Lipinski definition) is 4. The highest BCUT2D eigenvalue weighted by atomic mass is 16.5. The average Bonchev–Trinajstić information content (AvgIpc) is 2.66. The molecule has 0 rings (SSSR count). The molecule has 0 amide bonds. The summed E-state index contributed by atoms with van der Waals surface area (Å²) in [5, 5.41) is 32.6. The van der Waals surface area contributed by atoms with E-state index in [-0.39, 0.29) is 12.8 Å². The zero-order valence-electron chi connectivity index (χ0n) is 16.7. The molecular formula is C18H34O10. The summed E-state index contributed by atoms with van der Waals surface area (Å²) in [5.41, 5.74) is 0. The second-order valence-corrected chi connectivity index (χ2v) is 5.46. The van der Waals surface area contributed by atoms with Gasteiger partial charge in [-0.05, 0) is 25.7 Å². The molecule has 28 heavy (non-hydrogen) atoms. The van der Waals surface area contributed by atoms with Crippen molar-refractivity contribution in [2.75, 3.05) is 26.4 Å². The van der Waals surface area contributed by atoms with Gasteiger partial charge in [0.05, 0.1) is 13.2 Å². The fourth-order valence-corrected chi connectivity index (χ4v) is 1.30. The van der Waals surface area contributed by atoms with E-state index in [1.165, 1.54) is 0 Å². The quantitative estimate of drug-likeness (QED) is 0.257. The number of ether oxygens (including phenoxy) is 2. The van der Waals surface area contributed by atoms with Crippen molar-refractivity contribution in [3.63, 3.8) is 0 Å². The van der Waals surface area contributed by atoms with Crippen molar-refractivity contribution in [2.24, 2.45) is 0 Å². The van der Waals surface area contributed by atoms with E-state index in [2.05, 4.69) is 9.47 Å². The van der Waals surface area contributed by atoms with E-state index in [0.29, 0.717) is 26.1 Å². The number of unbranched alkanes of at least 4 members (excludes halogenated alkanes) is 3. The molecule has 0 aromatic heterocycles. The molecule has 0 radical (unpaired) electrons. The second-order valence-electron chi connectivity index (χ2n) is 5.46. The van der Waals surface area contributed by atoms with Crippen LogP contribution in [0.15, 0.2) is 0 Å². The van der Waals surface area contributed by atoms with Crippen LogP contribution < -0.4 is 0 Å². The molecule has 0 saturated carbocycles. The van der Waals surface area contributed by atoms with Gasteiger partial charge in [-0.15, -0.1) is 0 Å². The smallest absolute Gasteiger partial charge is 0.331 e. The highest BCUT2D eigenvalue weighted by Crippen LogP contribution is 1.98. The summed E-state index contributed by atoms with van der Waals surface area (Å²) in [6, 6.07) is 0. The minimum atomic E-state index is -0.870. The van der Waals surface area contributed by atoms with Crippen molar-refractivity contribution in [2.45, 2.75) is 65.2 Å². The van der Waals surface area contributed by atoms with Crippen LogP contribution in [0.4, 0.5) is 0 Å².